The minimum absolute atomic E-state index is 0.131. The molecule has 2 heterocycles. The molecule has 20 heavy (non-hydrogen) atoms. The Morgan fingerprint density at radius 2 is 2.05 bits per heavy atom. The van der Waals surface area contributed by atoms with Crippen molar-refractivity contribution in [2.24, 2.45) is 0 Å². The Labute approximate surface area is 127 Å². The van der Waals surface area contributed by atoms with Gasteiger partial charge in [-0.2, -0.15) is 0 Å². The number of hydrogen-bond donors (Lipinski definition) is 2. The molecule has 2 aromatic heterocycles. The summed E-state index contributed by atoms with van der Waals surface area (Å²) in [4.78, 5) is 4.99. The molecule has 108 valence electrons. The van der Waals surface area contributed by atoms with Crippen LogP contribution in [0.1, 0.15) is 17.8 Å². The molecule has 2 N–H and O–H groups in total. The van der Waals surface area contributed by atoms with Crippen LogP contribution >= 0.6 is 22.9 Å². The minimum atomic E-state index is -3.60. The van der Waals surface area contributed by atoms with Gasteiger partial charge in [-0.3, -0.25) is 0 Å². The molecule has 1 atom stereocenters. The first-order valence-corrected chi connectivity index (χ1v) is 8.51. The van der Waals surface area contributed by atoms with Gasteiger partial charge in [-0.25, -0.2) is 18.1 Å². The van der Waals surface area contributed by atoms with Crippen LogP contribution in [0.15, 0.2) is 35.4 Å². The highest BCUT2D eigenvalue weighted by Crippen LogP contribution is 2.27. The number of aromatic nitrogens is 1. The van der Waals surface area contributed by atoms with Gasteiger partial charge >= 0.3 is 0 Å². The van der Waals surface area contributed by atoms with Gasteiger partial charge in [-0.05, 0) is 31.2 Å². The molecule has 0 fully saturated rings. The molecular weight excluding hydrogens is 318 g/mol. The van der Waals surface area contributed by atoms with E-state index in [0.717, 1.165) is 4.88 Å². The van der Waals surface area contributed by atoms with Gasteiger partial charge in [-0.15, -0.1) is 11.3 Å². The normalized spacial score (nSPS) is 13.2. The van der Waals surface area contributed by atoms with E-state index in [1.165, 1.54) is 23.6 Å². The molecule has 0 aliphatic heterocycles. The van der Waals surface area contributed by atoms with Crippen molar-refractivity contribution in [2.45, 2.75) is 17.9 Å². The lowest BCUT2D eigenvalue weighted by Crippen LogP contribution is -2.26. The second kappa shape index (κ2) is 6.09. The molecule has 0 bridgehead atoms. The van der Waals surface area contributed by atoms with E-state index in [1.807, 2.05) is 6.07 Å². The van der Waals surface area contributed by atoms with Crippen LogP contribution in [0.2, 0.25) is 4.34 Å². The van der Waals surface area contributed by atoms with Crippen molar-refractivity contribution in [1.29, 1.82) is 0 Å². The Morgan fingerprint density at radius 1 is 1.30 bits per heavy atom. The molecule has 2 rings (SSSR count). The number of thiophene rings is 1. The van der Waals surface area contributed by atoms with Gasteiger partial charge < -0.3 is 5.32 Å². The Balaban J connectivity index is 2.17. The Hall–Kier alpha value is -1.15. The third-order valence-electron chi connectivity index (χ3n) is 2.66. The maximum absolute atomic E-state index is 12.2. The van der Waals surface area contributed by atoms with E-state index in [9.17, 15) is 8.42 Å². The van der Waals surface area contributed by atoms with Gasteiger partial charge in [0.05, 0.1) is 10.4 Å². The Kier molecular flexibility index (Phi) is 4.64. The smallest absolute Gasteiger partial charge is 0.242 e. The number of rotatable bonds is 5. The summed E-state index contributed by atoms with van der Waals surface area (Å²) in [6.45, 7) is 1.77. The maximum Gasteiger partial charge on any atom is 0.242 e. The topological polar surface area (TPSA) is 71.1 Å². The molecular formula is C12H14ClN3O2S2. The number of nitrogens with one attached hydrogen (secondary N) is 2. The lowest BCUT2D eigenvalue weighted by molar-refractivity contribution is 0.568. The lowest BCUT2D eigenvalue weighted by Gasteiger charge is -2.12. The molecule has 8 heteroatoms. The van der Waals surface area contributed by atoms with E-state index < -0.39 is 10.0 Å². The zero-order valence-electron chi connectivity index (χ0n) is 10.9. The number of halogens is 1. The van der Waals surface area contributed by atoms with E-state index in [2.05, 4.69) is 15.0 Å². The Morgan fingerprint density at radius 3 is 2.55 bits per heavy atom. The summed E-state index contributed by atoms with van der Waals surface area (Å²) in [5, 5.41) is 2.84. The average Bonchev–Trinajstić information content (AvgIpc) is 2.85. The highest BCUT2D eigenvalue weighted by atomic mass is 35.5. The third-order valence-corrected chi connectivity index (χ3v) is 5.60. The summed E-state index contributed by atoms with van der Waals surface area (Å²) in [7, 11) is -1.88. The van der Waals surface area contributed by atoms with Gasteiger partial charge in [0.15, 0.2) is 0 Å². The number of nitrogens with zero attached hydrogens (tertiary/aromatic N) is 1. The van der Waals surface area contributed by atoms with Crippen molar-refractivity contribution in [3.05, 3.63) is 39.7 Å². The highest BCUT2D eigenvalue weighted by Gasteiger charge is 2.19. The van der Waals surface area contributed by atoms with Crippen LogP contribution in [0.3, 0.4) is 0 Å². The fourth-order valence-corrected chi connectivity index (χ4v) is 3.91. The van der Waals surface area contributed by atoms with Gasteiger partial charge in [0.25, 0.3) is 0 Å². The molecule has 5 nitrogen and oxygen atoms in total. The van der Waals surface area contributed by atoms with Gasteiger partial charge in [0.1, 0.15) is 10.7 Å². The van der Waals surface area contributed by atoms with Crippen LogP contribution in [0.4, 0.5) is 5.82 Å². The van der Waals surface area contributed by atoms with Gasteiger partial charge in [0.2, 0.25) is 10.0 Å². The Bertz CT molecular complexity index is 683. The first kappa shape index (κ1) is 15.2. The summed E-state index contributed by atoms with van der Waals surface area (Å²) in [5.41, 5.74) is 0. The van der Waals surface area contributed by atoms with E-state index >= 15 is 0 Å². The second-order valence-electron chi connectivity index (χ2n) is 4.11. The predicted octanol–water partition coefficient (Wildman–Crippen LogP) is 2.88. The van der Waals surface area contributed by atoms with Crippen molar-refractivity contribution in [2.75, 3.05) is 12.4 Å². The van der Waals surface area contributed by atoms with Crippen molar-refractivity contribution < 1.29 is 8.42 Å². The van der Waals surface area contributed by atoms with Crippen molar-refractivity contribution in [3.63, 3.8) is 0 Å². The van der Waals surface area contributed by atoms with Gasteiger partial charge in [-0.1, -0.05) is 11.6 Å². The van der Waals surface area contributed by atoms with Crippen LogP contribution in [-0.2, 0) is 10.0 Å². The molecule has 1 unspecified atom stereocenters. The quantitative estimate of drug-likeness (QED) is 0.883. The van der Waals surface area contributed by atoms with Crippen LogP contribution in [0, 0.1) is 0 Å². The molecule has 0 aliphatic carbocycles. The molecule has 0 amide bonds. The van der Waals surface area contributed by atoms with Crippen LogP contribution in [0.5, 0.6) is 0 Å². The minimum Gasteiger partial charge on any atom is -0.373 e. The number of hydrogen-bond acceptors (Lipinski definition) is 5. The molecule has 0 aliphatic rings. The first-order chi connectivity index (χ1) is 9.42. The second-order valence-corrected chi connectivity index (χ2v) is 7.57. The first-order valence-electron chi connectivity index (χ1n) is 5.84. The van der Waals surface area contributed by atoms with Crippen LogP contribution in [-0.4, -0.2) is 20.4 Å². The summed E-state index contributed by atoms with van der Waals surface area (Å²) in [6.07, 6.45) is 1.32. The maximum atomic E-state index is 12.2. The fourth-order valence-electron chi connectivity index (χ4n) is 1.61. The average molecular weight is 332 g/mol. The number of sulfonamides is 1. The van der Waals surface area contributed by atoms with E-state index in [0.29, 0.717) is 10.2 Å². The summed E-state index contributed by atoms with van der Waals surface area (Å²) < 4.78 is 27.7. The van der Waals surface area contributed by atoms with Crippen LogP contribution in [0.25, 0.3) is 0 Å². The zero-order valence-corrected chi connectivity index (χ0v) is 13.3. The number of anilines is 1. The summed E-state index contributed by atoms with van der Waals surface area (Å²) >= 11 is 7.20. The SMILES string of the molecule is CNc1ccc(S(=O)(=O)NC(C)c2ccc(Cl)s2)cn1. The van der Waals surface area contributed by atoms with Crippen molar-refractivity contribution >= 4 is 38.8 Å². The lowest BCUT2D eigenvalue weighted by atomic mass is 10.3. The van der Waals surface area contributed by atoms with E-state index in [-0.39, 0.29) is 10.9 Å². The van der Waals surface area contributed by atoms with Crippen molar-refractivity contribution in [3.8, 4) is 0 Å². The van der Waals surface area contributed by atoms with Crippen LogP contribution < -0.4 is 10.0 Å². The molecule has 0 saturated carbocycles. The van der Waals surface area contributed by atoms with E-state index in [1.54, 1.807) is 26.1 Å². The van der Waals surface area contributed by atoms with Crippen molar-refractivity contribution in [1.82, 2.24) is 9.71 Å². The fraction of sp³-hybridized carbons (Fsp3) is 0.250. The van der Waals surface area contributed by atoms with E-state index in [4.69, 9.17) is 11.6 Å². The predicted molar refractivity (Wildman–Crippen MR) is 81.8 cm³/mol. The number of pyridine rings is 1. The largest absolute Gasteiger partial charge is 0.373 e. The molecule has 2 aromatic rings. The highest BCUT2D eigenvalue weighted by molar-refractivity contribution is 7.89. The summed E-state index contributed by atoms with van der Waals surface area (Å²) in [6, 6.07) is 6.33. The monoisotopic (exact) mass is 331 g/mol. The third kappa shape index (κ3) is 3.49. The molecule has 0 aromatic carbocycles. The molecule has 0 radical (unpaired) electrons. The molecule has 0 saturated heterocycles. The summed E-state index contributed by atoms with van der Waals surface area (Å²) in [5.74, 6) is 0.613. The standard InChI is InChI=1S/C12H14ClN3O2S2/c1-8(10-4-5-11(13)19-10)16-20(17,18)9-3-6-12(14-2)15-7-9/h3-8,16H,1-2H3,(H,14,15). The zero-order chi connectivity index (χ0) is 14.8. The molecule has 0 spiro atoms. The van der Waals surface area contributed by atoms with Gasteiger partial charge in [0, 0.05) is 18.1 Å².